The van der Waals surface area contributed by atoms with E-state index >= 15 is 0 Å². The molecule has 124 valence electrons. The summed E-state index contributed by atoms with van der Waals surface area (Å²) in [6.45, 7) is 8.41. The lowest BCUT2D eigenvalue weighted by Crippen LogP contribution is -2.55. The summed E-state index contributed by atoms with van der Waals surface area (Å²) < 4.78 is 11.1. The van der Waals surface area contributed by atoms with Crippen molar-refractivity contribution in [3.63, 3.8) is 0 Å². The first kappa shape index (κ1) is 17.2. The summed E-state index contributed by atoms with van der Waals surface area (Å²) in [5.41, 5.74) is -0.536. The van der Waals surface area contributed by atoms with Crippen LogP contribution in [-0.4, -0.2) is 47.0 Å². The first-order chi connectivity index (χ1) is 10.3. The van der Waals surface area contributed by atoms with Gasteiger partial charge in [-0.15, -0.1) is 11.3 Å². The highest BCUT2D eigenvalue weighted by Gasteiger charge is 2.36. The molecule has 1 N–H and O–H groups in total. The van der Waals surface area contributed by atoms with Crippen molar-refractivity contribution in [2.24, 2.45) is 0 Å². The van der Waals surface area contributed by atoms with Crippen LogP contribution in [0.1, 0.15) is 45.1 Å². The number of nitrogens with zero attached hydrogens (tertiary/aromatic N) is 1. The highest BCUT2D eigenvalue weighted by Crippen LogP contribution is 2.28. The second kappa shape index (κ2) is 6.98. The minimum atomic E-state index is -0.594. The average molecular weight is 327 g/mol. The van der Waals surface area contributed by atoms with Gasteiger partial charge >= 0.3 is 6.09 Å². The topological polar surface area (TPSA) is 59.0 Å². The standard InChI is InChI=1S/C16H25NO4S/c1-11-9-20-10-12(8-13(18)14-6-5-7-22-14)17(11)15(19)21-16(2,3)4/h5-7,11-13,18H,8-10H2,1-4H3. The van der Waals surface area contributed by atoms with Gasteiger partial charge in [0.15, 0.2) is 0 Å². The third-order valence-corrected chi connectivity index (χ3v) is 4.48. The number of thiophene rings is 1. The molecule has 1 amide bonds. The van der Waals surface area contributed by atoms with Crippen molar-refractivity contribution >= 4 is 17.4 Å². The summed E-state index contributed by atoms with van der Waals surface area (Å²) >= 11 is 1.51. The quantitative estimate of drug-likeness (QED) is 0.926. The van der Waals surface area contributed by atoms with E-state index in [1.807, 2.05) is 45.2 Å². The van der Waals surface area contributed by atoms with Crippen molar-refractivity contribution in [2.75, 3.05) is 13.2 Å². The maximum Gasteiger partial charge on any atom is 0.410 e. The fraction of sp³-hybridized carbons (Fsp3) is 0.688. The van der Waals surface area contributed by atoms with E-state index in [1.165, 1.54) is 11.3 Å². The summed E-state index contributed by atoms with van der Waals surface area (Å²) in [7, 11) is 0. The van der Waals surface area contributed by atoms with E-state index in [0.29, 0.717) is 19.6 Å². The van der Waals surface area contributed by atoms with Crippen LogP contribution in [-0.2, 0) is 9.47 Å². The van der Waals surface area contributed by atoms with Crippen molar-refractivity contribution in [3.05, 3.63) is 22.4 Å². The molecule has 1 aromatic rings. The molecule has 0 radical (unpaired) electrons. The number of amides is 1. The van der Waals surface area contributed by atoms with Gasteiger partial charge in [0.05, 0.1) is 31.4 Å². The molecular weight excluding hydrogens is 302 g/mol. The molecule has 0 spiro atoms. The Morgan fingerprint density at radius 2 is 2.27 bits per heavy atom. The number of hydrogen-bond acceptors (Lipinski definition) is 5. The highest BCUT2D eigenvalue weighted by molar-refractivity contribution is 7.10. The zero-order valence-corrected chi connectivity index (χ0v) is 14.4. The second-order valence-electron chi connectivity index (χ2n) is 6.69. The predicted octanol–water partition coefficient (Wildman–Crippen LogP) is 3.20. The Morgan fingerprint density at radius 3 is 2.86 bits per heavy atom. The number of carbonyl (C=O) groups excluding carboxylic acids is 1. The maximum absolute atomic E-state index is 12.5. The van der Waals surface area contributed by atoms with E-state index in [2.05, 4.69) is 0 Å². The summed E-state index contributed by atoms with van der Waals surface area (Å²) in [6, 6.07) is 3.56. The lowest BCUT2D eigenvalue weighted by molar-refractivity contribution is -0.0660. The second-order valence-corrected chi connectivity index (χ2v) is 7.67. The maximum atomic E-state index is 12.5. The van der Waals surface area contributed by atoms with Gasteiger partial charge in [-0.1, -0.05) is 6.07 Å². The Kier molecular flexibility index (Phi) is 5.47. The Hall–Kier alpha value is -1.11. The van der Waals surface area contributed by atoms with Gasteiger partial charge in [-0.3, -0.25) is 4.90 Å². The molecule has 22 heavy (non-hydrogen) atoms. The molecule has 5 nitrogen and oxygen atoms in total. The van der Waals surface area contributed by atoms with Gasteiger partial charge in [0, 0.05) is 11.3 Å². The van der Waals surface area contributed by atoms with Crippen molar-refractivity contribution < 1.29 is 19.4 Å². The number of aliphatic hydroxyl groups is 1. The zero-order chi connectivity index (χ0) is 16.3. The molecule has 2 heterocycles. The Morgan fingerprint density at radius 1 is 1.55 bits per heavy atom. The molecule has 1 aliphatic heterocycles. The average Bonchev–Trinajstić information content (AvgIpc) is 2.90. The van der Waals surface area contributed by atoms with Gasteiger partial charge in [0.25, 0.3) is 0 Å². The van der Waals surface area contributed by atoms with Crippen LogP contribution < -0.4 is 0 Å². The molecule has 1 saturated heterocycles. The molecule has 3 unspecified atom stereocenters. The van der Waals surface area contributed by atoms with Crippen LogP contribution in [0.25, 0.3) is 0 Å². The third kappa shape index (κ3) is 4.44. The number of aliphatic hydroxyl groups excluding tert-OH is 1. The van der Waals surface area contributed by atoms with Crippen molar-refractivity contribution in [2.45, 2.75) is 57.9 Å². The van der Waals surface area contributed by atoms with Crippen LogP contribution in [0.5, 0.6) is 0 Å². The monoisotopic (exact) mass is 327 g/mol. The van der Waals surface area contributed by atoms with E-state index in [-0.39, 0.29) is 18.2 Å². The molecule has 6 heteroatoms. The number of carbonyl (C=O) groups is 1. The smallest absolute Gasteiger partial charge is 0.410 e. The first-order valence-electron chi connectivity index (χ1n) is 7.58. The van der Waals surface area contributed by atoms with Gasteiger partial charge in [-0.05, 0) is 39.1 Å². The largest absolute Gasteiger partial charge is 0.444 e. The molecule has 3 atom stereocenters. The normalized spacial score (nSPS) is 24.1. The van der Waals surface area contributed by atoms with E-state index in [9.17, 15) is 9.90 Å². The molecule has 1 fully saturated rings. The van der Waals surface area contributed by atoms with Gasteiger partial charge in [-0.2, -0.15) is 0 Å². The van der Waals surface area contributed by atoms with Crippen molar-refractivity contribution in [1.29, 1.82) is 0 Å². The minimum absolute atomic E-state index is 0.0656. The molecule has 0 aliphatic carbocycles. The van der Waals surface area contributed by atoms with E-state index in [4.69, 9.17) is 9.47 Å². The van der Waals surface area contributed by atoms with Crippen LogP contribution in [0.2, 0.25) is 0 Å². The van der Waals surface area contributed by atoms with Crippen LogP contribution >= 0.6 is 11.3 Å². The Bertz CT molecular complexity index is 483. The molecule has 2 rings (SSSR count). The van der Waals surface area contributed by atoms with Crippen molar-refractivity contribution in [1.82, 2.24) is 4.90 Å². The molecule has 1 aromatic heterocycles. The van der Waals surface area contributed by atoms with Crippen LogP contribution in [0.15, 0.2) is 17.5 Å². The number of hydrogen-bond donors (Lipinski definition) is 1. The SMILES string of the molecule is CC1COCC(CC(O)c2cccs2)N1C(=O)OC(C)(C)C. The molecular formula is C16H25NO4S. The fourth-order valence-electron chi connectivity index (χ4n) is 2.58. The summed E-state index contributed by atoms with van der Waals surface area (Å²) in [4.78, 5) is 15.1. The molecule has 0 bridgehead atoms. The summed E-state index contributed by atoms with van der Waals surface area (Å²) in [5, 5.41) is 12.3. The Balaban J connectivity index is 2.07. The van der Waals surface area contributed by atoms with Crippen molar-refractivity contribution in [3.8, 4) is 0 Å². The third-order valence-electron chi connectivity index (χ3n) is 3.51. The summed E-state index contributed by atoms with van der Waals surface area (Å²) in [5.74, 6) is 0. The fourth-order valence-corrected chi connectivity index (χ4v) is 3.30. The molecule has 0 saturated carbocycles. The number of morpholine rings is 1. The van der Waals surface area contributed by atoms with Gasteiger partial charge in [-0.25, -0.2) is 4.79 Å². The highest BCUT2D eigenvalue weighted by atomic mass is 32.1. The van der Waals surface area contributed by atoms with Gasteiger partial charge in [0.1, 0.15) is 5.60 Å². The Labute approximate surface area is 135 Å². The van der Waals surface area contributed by atoms with Gasteiger partial charge < -0.3 is 14.6 Å². The van der Waals surface area contributed by atoms with E-state index in [0.717, 1.165) is 4.88 Å². The lowest BCUT2D eigenvalue weighted by atomic mass is 10.0. The van der Waals surface area contributed by atoms with E-state index in [1.54, 1.807) is 4.90 Å². The minimum Gasteiger partial charge on any atom is -0.444 e. The van der Waals surface area contributed by atoms with Crippen LogP contribution in [0, 0.1) is 0 Å². The first-order valence-corrected chi connectivity index (χ1v) is 8.46. The van der Waals surface area contributed by atoms with E-state index < -0.39 is 11.7 Å². The zero-order valence-electron chi connectivity index (χ0n) is 13.6. The number of rotatable bonds is 3. The van der Waals surface area contributed by atoms with Gasteiger partial charge in [0.2, 0.25) is 0 Å². The predicted molar refractivity (Wildman–Crippen MR) is 86.0 cm³/mol. The number of ether oxygens (including phenoxy) is 2. The van der Waals surface area contributed by atoms with Crippen LogP contribution in [0.3, 0.4) is 0 Å². The molecule has 1 aliphatic rings. The van der Waals surface area contributed by atoms with Crippen LogP contribution in [0.4, 0.5) is 4.79 Å². The summed E-state index contributed by atoms with van der Waals surface area (Å²) in [6.07, 6.45) is -0.486. The molecule has 0 aromatic carbocycles. The lowest BCUT2D eigenvalue weighted by Gasteiger charge is -2.41.